The van der Waals surface area contributed by atoms with Crippen LogP contribution in [0.4, 0.5) is 11.4 Å². The van der Waals surface area contributed by atoms with E-state index >= 15 is 0 Å². The maximum absolute atomic E-state index is 9.09. The molecule has 27 heavy (non-hydrogen) atoms. The van der Waals surface area contributed by atoms with Gasteiger partial charge in [0.25, 0.3) is 0 Å². The van der Waals surface area contributed by atoms with Crippen molar-refractivity contribution in [3.05, 3.63) is 34.3 Å². The van der Waals surface area contributed by atoms with Gasteiger partial charge in [-0.05, 0) is 18.6 Å². The Balaban J connectivity index is 0.000000289. The number of nitrogens with two attached hydrogens (primary N) is 2. The Bertz CT molecular complexity index is 810. The number of nitrogen functional groups attached to an aromatic ring is 2. The average molecular weight is 414 g/mol. The Kier molecular flexibility index (Phi) is 9.20. The number of aromatic hydroxyl groups is 1. The van der Waals surface area contributed by atoms with Crippen LogP contribution in [0.5, 0.6) is 23.0 Å². The lowest BCUT2D eigenvalue weighted by atomic mass is 10.3. The Morgan fingerprint density at radius 2 is 1.52 bits per heavy atom. The van der Waals surface area contributed by atoms with Crippen molar-refractivity contribution in [3.63, 3.8) is 0 Å². The van der Waals surface area contributed by atoms with Crippen molar-refractivity contribution >= 4 is 34.6 Å². The zero-order valence-electron chi connectivity index (χ0n) is 15.0. The molecule has 0 aliphatic rings. The van der Waals surface area contributed by atoms with Crippen LogP contribution < -0.4 is 25.7 Å². The summed E-state index contributed by atoms with van der Waals surface area (Å²) in [6.07, 6.45) is 1.13. The van der Waals surface area contributed by atoms with E-state index in [0.29, 0.717) is 53.1 Å². The molecule has 146 valence electrons. The van der Waals surface area contributed by atoms with Gasteiger partial charge in [-0.3, -0.25) is 0 Å². The van der Waals surface area contributed by atoms with E-state index in [1.54, 1.807) is 12.1 Å². The zero-order valence-corrected chi connectivity index (χ0v) is 16.5. The monoisotopic (exact) mass is 413 g/mol. The number of phenols is 1. The Hall–Kier alpha value is -2.69. The van der Waals surface area contributed by atoms with E-state index in [0.717, 1.165) is 0 Å². The molecule has 7 nitrogen and oxygen atoms in total. The normalized spacial score (nSPS) is 9.59. The molecule has 0 saturated carbocycles. The summed E-state index contributed by atoms with van der Waals surface area (Å²) in [6, 6.07) is 8.08. The number of hydrogen-bond acceptors (Lipinski definition) is 7. The van der Waals surface area contributed by atoms with E-state index in [4.69, 9.17) is 59.2 Å². The molecule has 2 aromatic carbocycles. The number of hydrogen-bond donors (Lipinski definition) is 3. The molecule has 0 fully saturated rings. The summed E-state index contributed by atoms with van der Waals surface area (Å²) in [7, 11) is 3.00. The highest BCUT2D eigenvalue weighted by Crippen LogP contribution is 2.34. The number of phenolic OH excluding ortho intramolecular Hbond substituents is 1. The number of nitriles is 1. The van der Waals surface area contributed by atoms with Gasteiger partial charge in [0.1, 0.15) is 23.0 Å². The number of methoxy groups -OCH3 is 2. The van der Waals surface area contributed by atoms with Crippen LogP contribution in [0.1, 0.15) is 12.8 Å². The van der Waals surface area contributed by atoms with Crippen LogP contribution in [-0.4, -0.2) is 25.9 Å². The van der Waals surface area contributed by atoms with Gasteiger partial charge < -0.3 is 30.8 Å². The smallest absolute Gasteiger partial charge is 0.145 e. The van der Waals surface area contributed by atoms with Gasteiger partial charge in [0.15, 0.2) is 0 Å². The van der Waals surface area contributed by atoms with E-state index in [2.05, 4.69) is 0 Å². The first-order valence-electron chi connectivity index (χ1n) is 7.78. The molecule has 0 radical (unpaired) electrons. The quantitative estimate of drug-likeness (QED) is 0.367. The molecule has 0 aromatic heterocycles. The SMILES string of the molecule is COc1cc(O)c(Cl)cc1N.COc1cc(OCCCC#N)c(Cl)cc1N. The Morgan fingerprint density at radius 3 is 2.07 bits per heavy atom. The molecule has 0 aliphatic carbocycles. The van der Waals surface area contributed by atoms with Gasteiger partial charge in [0.2, 0.25) is 0 Å². The van der Waals surface area contributed by atoms with Crippen LogP contribution in [0.2, 0.25) is 10.0 Å². The number of benzene rings is 2. The molecule has 0 heterocycles. The first-order chi connectivity index (χ1) is 12.8. The number of anilines is 2. The van der Waals surface area contributed by atoms with Gasteiger partial charge in [-0.15, -0.1) is 0 Å². The van der Waals surface area contributed by atoms with Crippen molar-refractivity contribution in [3.8, 4) is 29.1 Å². The third-order valence-electron chi connectivity index (χ3n) is 3.27. The molecule has 0 unspecified atom stereocenters. The summed E-state index contributed by atoms with van der Waals surface area (Å²) in [4.78, 5) is 0. The predicted octanol–water partition coefficient (Wildman–Crippen LogP) is 4.25. The fourth-order valence-electron chi connectivity index (χ4n) is 1.91. The molecule has 0 saturated heterocycles. The number of rotatable bonds is 6. The van der Waals surface area contributed by atoms with Crippen molar-refractivity contribution in [2.24, 2.45) is 0 Å². The second-order valence-electron chi connectivity index (χ2n) is 5.18. The van der Waals surface area contributed by atoms with Gasteiger partial charge in [-0.25, -0.2) is 0 Å². The largest absolute Gasteiger partial charge is 0.506 e. The number of nitrogens with zero attached hydrogens (tertiary/aromatic N) is 1. The summed E-state index contributed by atoms with van der Waals surface area (Å²) < 4.78 is 15.3. The van der Waals surface area contributed by atoms with Crippen molar-refractivity contribution in [2.45, 2.75) is 12.8 Å². The zero-order chi connectivity index (χ0) is 20.4. The number of halogens is 2. The molecular weight excluding hydrogens is 393 g/mol. The summed E-state index contributed by atoms with van der Waals surface area (Å²) >= 11 is 11.5. The van der Waals surface area contributed by atoms with E-state index < -0.39 is 0 Å². The van der Waals surface area contributed by atoms with Crippen molar-refractivity contribution in [1.29, 1.82) is 5.26 Å². The maximum Gasteiger partial charge on any atom is 0.145 e. The van der Waals surface area contributed by atoms with E-state index in [-0.39, 0.29) is 10.8 Å². The molecule has 0 amide bonds. The summed E-state index contributed by atoms with van der Waals surface area (Å²) in [5, 5.41) is 18.1. The topological polar surface area (TPSA) is 124 Å². The maximum atomic E-state index is 9.09. The third kappa shape index (κ3) is 6.85. The highest BCUT2D eigenvalue weighted by molar-refractivity contribution is 6.32. The highest BCUT2D eigenvalue weighted by atomic mass is 35.5. The highest BCUT2D eigenvalue weighted by Gasteiger charge is 2.08. The fourth-order valence-corrected chi connectivity index (χ4v) is 2.30. The molecular formula is C18H21Cl2N3O4. The molecule has 2 aromatic rings. The summed E-state index contributed by atoms with van der Waals surface area (Å²) in [5.41, 5.74) is 12.0. The lowest BCUT2D eigenvalue weighted by Crippen LogP contribution is -1.99. The van der Waals surface area contributed by atoms with E-state index in [1.165, 1.54) is 26.4 Å². The average Bonchev–Trinajstić information content (AvgIpc) is 2.64. The van der Waals surface area contributed by atoms with Gasteiger partial charge in [0, 0.05) is 18.6 Å². The summed E-state index contributed by atoms with van der Waals surface area (Å²) in [6.45, 7) is 0.445. The van der Waals surface area contributed by atoms with Crippen LogP contribution in [0, 0.1) is 11.3 Å². The third-order valence-corrected chi connectivity index (χ3v) is 3.87. The molecule has 9 heteroatoms. The lowest BCUT2D eigenvalue weighted by molar-refractivity contribution is 0.310. The van der Waals surface area contributed by atoms with Crippen LogP contribution in [0.25, 0.3) is 0 Å². The van der Waals surface area contributed by atoms with Gasteiger partial charge in [0.05, 0.1) is 48.3 Å². The van der Waals surface area contributed by atoms with Crippen LogP contribution in [0.3, 0.4) is 0 Å². The minimum atomic E-state index is -0.0299. The fraction of sp³-hybridized carbons (Fsp3) is 0.278. The Labute approximate surface area is 167 Å². The first-order valence-corrected chi connectivity index (χ1v) is 8.54. The van der Waals surface area contributed by atoms with Crippen LogP contribution >= 0.6 is 23.2 Å². The molecule has 0 bridgehead atoms. The van der Waals surface area contributed by atoms with E-state index in [1.807, 2.05) is 6.07 Å². The van der Waals surface area contributed by atoms with Crippen molar-refractivity contribution < 1.29 is 19.3 Å². The molecule has 5 N–H and O–H groups in total. The molecule has 0 aliphatic heterocycles. The lowest BCUT2D eigenvalue weighted by Gasteiger charge is -2.10. The van der Waals surface area contributed by atoms with E-state index in [9.17, 15) is 0 Å². The van der Waals surface area contributed by atoms with Crippen molar-refractivity contribution in [1.82, 2.24) is 0 Å². The summed E-state index contributed by atoms with van der Waals surface area (Å²) in [5.74, 6) is 1.44. The van der Waals surface area contributed by atoms with Gasteiger partial charge >= 0.3 is 0 Å². The standard InChI is InChI=1S/C11H13ClN2O2.C7H8ClNO2/c1-15-11-7-10(8(12)6-9(11)14)16-5-3-2-4-13;1-11-7-3-6(10)4(8)2-5(7)9/h6-7H,2-3,5,14H2,1H3;2-3,10H,9H2,1H3. The molecule has 0 spiro atoms. The molecule has 2 rings (SSSR count). The van der Waals surface area contributed by atoms with Gasteiger partial charge in [-0.1, -0.05) is 23.2 Å². The Morgan fingerprint density at radius 1 is 0.963 bits per heavy atom. The van der Waals surface area contributed by atoms with Crippen molar-refractivity contribution in [2.75, 3.05) is 32.3 Å². The second kappa shape index (κ2) is 11.1. The second-order valence-corrected chi connectivity index (χ2v) is 5.99. The van der Waals surface area contributed by atoms with Gasteiger partial charge in [-0.2, -0.15) is 5.26 Å². The van der Waals surface area contributed by atoms with Crippen LogP contribution in [0.15, 0.2) is 24.3 Å². The van der Waals surface area contributed by atoms with Crippen LogP contribution in [-0.2, 0) is 0 Å². The minimum Gasteiger partial charge on any atom is -0.506 e. The molecule has 0 atom stereocenters. The predicted molar refractivity (Wildman–Crippen MR) is 107 cm³/mol. The first kappa shape index (κ1) is 22.4. The number of ether oxygens (including phenoxy) is 3. The number of unbranched alkanes of at least 4 members (excludes halogenated alkanes) is 1. The minimum absolute atomic E-state index is 0.0299.